The third-order valence-corrected chi connectivity index (χ3v) is 2.65. The van der Waals surface area contributed by atoms with Crippen LogP contribution in [-0.4, -0.2) is 10.7 Å². The Balaban J connectivity index is 2.77. The molecule has 0 aliphatic heterocycles. The SMILES string of the molecule is CC(C)(C)C(=O)CCc1ccccc1[N+](=O)[O-]. The fourth-order valence-corrected chi connectivity index (χ4v) is 1.52. The molecule has 1 aromatic rings. The Morgan fingerprint density at radius 2 is 1.88 bits per heavy atom. The average molecular weight is 235 g/mol. The zero-order valence-electron chi connectivity index (χ0n) is 10.4. The van der Waals surface area contributed by atoms with Crippen LogP contribution in [0.4, 0.5) is 5.69 Å². The van der Waals surface area contributed by atoms with Gasteiger partial charge in [-0.2, -0.15) is 0 Å². The van der Waals surface area contributed by atoms with E-state index < -0.39 is 4.92 Å². The van der Waals surface area contributed by atoms with Gasteiger partial charge >= 0.3 is 0 Å². The summed E-state index contributed by atoms with van der Waals surface area (Å²) in [7, 11) is 0. The highest BCUT2D eigenvalue weighted by Gasteiger charge is 2.22. The van der Waals surface area contributed by atoms with E-state index in [0.29, 0.717) is 18.4 Å². The largest absolute Gasteiger partial charge is 0.299 e. The molecule has 92 valence electrons. The lowest BCUT2D eigenvalue weighted by Crippen LogP contribution is -2.20. The van der Waals surface area contributed by atoms with Crippen molar-refractivity contribution in [2.45, 2.75) is 33.6 Å². The van der Waals surface area contributed by atoms with E-state index in [1.54, 1.807) is 18.2 Å². The lowest BCUT2D eigenvalue weighted by Gasteiger charge is -2.16. The first-order valence-corrected chi connectivity index (χ1v) is 5.58. The summed E-state index contributed by atoms with van der Waals surface area (Å²) < 4.78 is 0. The first-order chi connectivity index (χ1) is 7.82. The molecule has 0 aliphatic rings. The highest BCUT2D eigenvalue weighted by molar-refractivity contribution is 5.83. The Morgan fingerprint density at radius 3 is 2.41 bits per heavy atom. The van der Waals surface area contributed by atoms with Crippen LogP contribution in [0.2, 0.25) is 0 Å². The van der Waals surface area contributed by atoms with Crippen molar-refractivity contribution in [2.24, 2.45) is 5.41 Å². The summed E-state index contributed by atoms with van der Waals surface area (Å²) in [5, 5.41) is 10.8. The topological polar surface area (TPSA) is 60.2 Å². The second kappa shape index (κ2) is 5.08. The molecule has 0 aliphatic carbocycles. The van der Waals surface area contributed by atoms with Crippen molar-refractivity contribution in [2.75, 3.05) is 0 Å². The molecule has 0 unspecified atom stereocenters. The summed E-state index contributed by atoms with van der Waals surface area (Å²) in [5.41, 5.74) is 0.327. The first-order valence-electron chi connectivity index (χ1n) is 5.58. The Bertz CT molecular complexity index is 433. The summed E-state index contributed by atoms with van der Waals surface area (Å²) in [5.74, 6) is 0.121. The number of nitro groups is 1. The summed E-state index contributed by atoms with van der Waals surface area (Å²) in [6.07, 6.45) is 0.765. The van der Waals surface area contributed by atoms with Gasteiger partial charge in [-0.05, 0) is 6.42 Å². The van der Waals surface area contributed by atoms with Gasteiger partial charge in [0.05, 0.1) is 4.92 Å². The summed E-state index contributed by atoms with van der Waals surface area (Å²) in [4.78, 5) is 22.1. The van der Waals surface area contributed by atoms with Gasteiger partial charge in [0.25, 0.3) is 5.69 Å². The maximum Gasteiger partial charge on any atom is 0.272 e. The molecule has 0 amide bonds. The molecule has 4 nitrogen and oxygen atoms in total. The maximum absolute atomic E-state index is 11.7. The van der Waals surface area contributed by atoms with Gasteiger partial charge in [-0.25, -0.2) is 0 Å². The molecule has 0 saturated heterocycles. The number of nitro benzene ring substituents is 1. The number of rotatable bonds is 4. The van der Waals surface area contributed by atoms with Gasteiger partial charge in [0.15, 0.2) is 0 Å². The minimum Gasteiger partial charge on any atom is -0.299 e. The van der Waals surface area contributed by atoms with Crippen molar-refractivity contribution < 1.29 is 9.72 Å². The molecule has 0 fully saturated rings. The number of nitrogens with zero attached hydrogens (tertiary/aromatic N) is 1. The van der Waals surface area contributed by atoms with Gasteiger partial charge in [0, 0.05) is 23.5 Å². The summed E-state index contributed by atoms with van der Waals surface area (Å²) in [6.45, 7) is 5.57. The lowest BCUT2D eigenvalue weighted by molar-refractivity contribution is -0.385. The van der Waals surface area contributed by atoms with Gasteiger partial charge in [-0.3, -0.25) is 14.9 Å². The third kappa shape index (κ3) is 3.66. The predicted molar refractivity (Wildman–Crippen MR) is 65.9 cm³/mol. The molecule has 0 saturated carbocycles. The standard InChI is InChI=1S/C13H17NO3/c1-13(2,3)12(15)9-8-10-6-4-5-7-11(10)14(16)17/h4-7H,8-9H2,1-3H3. The molecular formula is C13H17NO3. The molecule has 0 N–H and O–H groups in total. The number of ketones is 1. The lowest BCUT2D eigenvalue weighted by atomic mass is 9.87. The number of carbonyl (C=O) groups is 1. The second-order valence-corrected chi connectivity index (χ2v) is 5.06. The minimum absolute atomic E-state index is 0.0919. The monoisotopic (exact) mass is 235 g/mol. The van der Waals surface area contributed by atoms with Crippen LogP contribution in [0.1, 0.15) is 32.8 Å². The van der Waals surface area contributed by atoms with Crippen molar-refractivity contribution in [3.8, 4) is 0 Å². The molecule has 17 heavy (non-hydrogen) atoms. The zero-order chi connectivity index (χ0) is 13.1. The molecule has 0 bridgehead atoms. The number of hydrogen-bond donors (Lipinski definition) is 0. The fraction of sp³-hybridized carbons (Fsp3) is 0.462. The quantitative estimate of drug-likeness (QED) is 0.595. The van der Waals surface area contributed by atoms with E-state index in [-0.39, 0.29) is 16.9 Å². The summed E-state index contributed by atoms with van der Waals surface area (Å²) in [6, 6.07) is 6.56. The number of aryl methyl sites for hydroxylation is 1. The van der Waals surface area contributed by atoms with Crippen LogP contribution in [0.5, 0.6) is 0 Å². The molecule has 0 heterocycles. The predicted octanol–water partition coefficient (Wildman–Crippen LogP) is 3.14. The molecule has 1 rings (SSSR count). The number of benzene rings is 1. The van der Waals surface area contributed by atoms with Crippen LogP contribution in [0.25, 0.3) is 0 Å². The van der Waals surface area contributed by atoms with E-state index in [2.05, 4.69) is 0 Å². The normalized spacial score (nSPS) is 11.2. The molecule has 4 heteroatoms. The van der Waals surface area contributed by atoms with E-state index >= 15 is 0 Å². The van der Waals surface area contributed by atoms with Gasteiger partial charge in [0.1, 0.15) is 5.78 Å². The smallest absolute Gasteiger partial charge is 0.272 e. The Labute approximate surface area is 101 Å². The number of para-hydroxylation sites is 1. The first kappa shape index (κ1) is 13.4. The van der Waals surface area contributed by atoms with E-state index in [9.17, 15) is 14.9 Å². The third-order valence-electron chi connectivity index (χ3n) is 2.65. The summed E-state index contributed by atoms with van der Waals surface area (Å²) >= 11 is 0. The number of carbonyl (C=O) groups excluding carboxylic acids is 1. The van der Waals surface area contributed by atoms with E-state index in [0.717, 1.165) is 0 Å². The van der Waals surface area contributed by atoms with Crippen LogP contribution in [0.3, 0.4) is 0 Å². The maximum atomic E-state index is 11.7. The van der Waals surface area contributed by atoms with Gasteiger partial charge in [0.2, 0.25) is 0 Å². The van der Waals surface area contributed by atoms with Crippen molar-refractivity contribution in [3.63, 3.8) is 0 Å². The van der Waals surface area contributed by atoms with Gasteiger partial charge in [-0.1, -0.05) is 39.0 Å². The highest BCUT2D eigenvalue weighted by Crippen LogP contribution is 2.22. The molecule has 0 spiro atoms. The van der Waals surface area contributed by atoms with Crippen LogP contribution in [0, 0.1) is 15.5 Å². The van der Waals surface area contributed by atoms with Crippen LogP contribution in [-0.2, 0) is 11.2 Å². The molecular weight excluding hydrogens is 218 g/mol. The van der Waals surface area contributed by atoms with Gasteiger partial charge < -0.3 is 0 Å². The molecule has 0 atom stereocenters. The van der Waals surface area contributed by atoms with Gasteiger partial charge in [-0.15, -0.1) is 0 Å². The minimum atomic E-state index is -0.406. The Morgan fingerprint density at radius 1 is 1.29 bits per heavy atom. The molecule has 0 aromatic heterocycles. The fourth-order valence-electron chi connectivity index (χ4n) is 1.52. The second-order valence-electron chi connectivity index (χ2n) is 5.06. The van der Waals surface area contributed by atoms with E-state index in [1.807, 2.05) is 20.8 Å². The molecule has 1 aromatic carbocycles. The van der Waals surface area contributed by atoms with Crippen molar-refractivity contribution in [1.29, 1.82) is 0 Å². The highest BCUT2D eigenvalue weighted by atomic mass is 16.6. The average Bonchev–Trinajstić information content (AvgIpc) is 2.24. The van der Waals surface area contributed by atoms with E-state index in [4.69, 9.17) is 0 Å². The Hall–Kier alpha value is -1.71. The zero-order valence-corrected chi connectivity index (χ0v) is 10.4. The van der Waals surface area contributed by atoms with Crippen LogP contribution >= 0.6 is 0 Å². The van der Waals surface area contributed by atoms with Crippen molar-refractivity contribution in [3.05, 3.63) is 39.9 Å². The van der Waals surface area contributed by atoms with Crippen LogP contribution in [0.15, 0.2) is 24.3 Å². The number of Topliss-reactive ketones (excluding diaryl/α,β-unsaturated/α-hetero) is 1. The number of hydrogen-bond acceptors (Lipinski definition) is 3. The van der Waals surface area contributed by atoms with E-state index in [1.165, 1.54) is 6.07 Å². The van der Waals surface area contributed by atoms with Crippen LogP contribution < -0.4 is 0 Å². The van der Waals surface area contributed by atoms with Crippen molar-refractivity contribution in [1.82, 2.24) is 0 Å². The molecule has 0 radical (unpaired) electrons. The van der Waals surface area contributed by atoms with Crippen molar-refractivity contribution >= 4 is 11.5 Å². The Kier molecular flexibility index (Phi) is 3.99.